The summed E-state index contributed by atoms with van der Waals surface area (Å²) in [5.74, 6) is 0.451. The molecule has 33 heavy (non-hydrogen) atoms. The molecule has 194 valence electrons. The van der Waals surface area contributed by atoms with Gasteiger partial charge in [-0.2, -0.15) is 0 Å². The number of carbonyl (C=O) groups excluding carboxylic acids is 2. The summed E-state index contributed by atoms with van der Waals surface area (Å²) in [4.78, 5) is 24.7. The molecule has 7 nitrogen and oxygen atoms in total. The van der Waals surface area contributed by atoms with E-state index in [-0.39, 0.29) is 42.5 Å². The van der Waals surface area contributed by atoms with Crippen LogP contribution in [0.2, 0.25) is 0 Å². The molecule has 7 heteroatoms. The van der Waals surface area contributed by atoms with Crippen molar-refractivity contribution in [3.05, 3.63) is 12.2 Å². The van der Waals surface area contributed by atoms with Crippen LogP contribution in [-0.4, -0.2) is 54.5 Å². The van der Waals surface area contributed by atoms with E-state index in [0.717, 1.165) is 38.5 Å². The number of aliphatic hydroxyl groups excluding tert-OH is 1. The highest BCUT2D eigenvalue weighted by atomic mass is 16.5. The van der Waals surface area contributed by atoms with Crippen LogP contribution in [0.1, 0.15) is 93.4 Å². The number of hydrogen-bond acceptors (Lipinski definition) is 6. The molecule has 4 atom stereocenters. The van der Waals surface area contributed by atoms with Gasteiger partial charge in [-0.25, -0.2) is 0 Å². The number of unbranched alkanes of at least 4 members (excludes halogenated alkanes) is 2. The Morgan fingerprint density at radius 1 is 1.06 bits per heavy atom. The molecule has 0 saturated heterocycles. The van der Waals surface area contributed by atoms with Gasteiger partial charge in [-0.15, -0.1) is 0 Å². The normalized spacial score (nSPS) is 15.3. The van der Waals surface area contributed by atoms with Gasteiger partial charge in [-0.05, 0) is 43.6 Å². The van der Waals surface area contributed by atoms with Crippen LogP contribution in [0.3, 0.4) is 0 Å². The molecule has 0 radical (unpaired) electrons. The largest absolute Gasteiger partial charge is 0.376 e. The zero-order valence-electron chi connectivity index (χ0n) is 22.2. The van der Waals surface area contributed by atoms with Crippen LogP contribution in [0, 0.1) is 11.8 Å². The molecular weight excluding hydrogens is 418 g/mol. The minimum absolute atomic E-state index is 0.0143. The standard InChI is InChI=1S/C26H51N3O4/c1-9-11-12-14-23(30)29-24(19(5)6)26(32)28-21(13-10-2)16-33-17-27-22(15-18(3)4)25(31)20(7)8/h18-19,21-22,24,26-28,32H,7,9-17H2,1-6,8H3,(H,29,30)/t21-,22-,24-,26?/m0/s1. The van der Waals surface area contributed by atoms with Crippen molar-refractivity contribution < 1.29 is 19.4 Å². The molecule has 0 fully saturated rings. The number of ether oxygens (including phenoxy) is 1. The van der Waals surface area contributed by atoms with Gasteiger partial charge in [0, 0.05) is 12.5 Å². The first kappa shape index (κ1) is 31.7. The minimum atomic E-state index is -0.869. The molecule has 0 heterocycles. The lowest BCUT2D eigenvalue weighted by atomic mass is 9.97. The lowest BCUT2D eigenvalue weighted by Gasteiger charge is -2.31. The summed E-state index contributed by atoms with van der Waals surface area (Å²) in [7, 11) is 0. The van der Waals surface area contributed by atoms with Crippen LogP contribution in [0.25, 0.3) is 0 Å². The van der Waals surface area contributed by atoms with Crippen molar-refractivity contribution in [3.8, 4) is 0 Å². The Bertz CT molecular complexity index is 566. The Morgan fingerprint density at radius 2 is 1.73 bits per heavy atom. The van der Waals surface area contributed by atoms with Crippen molar-refractivity contribution in [1.29, 1.82) is 0 Å². The predicted octanol–water partition coefficient (Wildman–Crippen LogP) is 3.91. The molecule has 0 aliphatic heterocycles. The fourth-order valence-electron chi connectivity index (χ4n) is 3.72. The molecule has 0 aromatic heterocycles. The van der Waals surface area contributed by atoms with E-state index in [0.29, 0.717) is 24.5 Å². The first-order valence-electron chi connectivity index (χ1n) is 12.8. The molecule has 0 aliphatic rings. The summed E-state index contributed by atoms with van der Waals surface area (Å²) in [5, 5.41) is 20.3. The Kier molecular flexibility index (Phi) is 17.4. The SMILES string of the molecule is C=C(C)C(=O)[C@H](CC(C)C)NCOC[C@H](CCC)NC(O)[C@@H](NC(=O)CCCCC)C(C)C. The molecule has 0 spiro atoms. The number of rotatable bonds is 20. The second-order valence-electron chi connectivity index (χ2n) is 9.94. The smallest absolute Gasteiger partial charge is 0.220 e. The van der Waals surface area contributed by atoms with E-state index in [1.54, 1.807) is 6.92 Å². The molecule has 0 saturated carbocycles. The topological polar surface area (TPSA) is 99.7 Å². The molecule has 4 N–H and O–H groups in total. The molecule has 0 rings (SSSR count). The molecule has 0 aliphatic carbocycles. The fourth-order valence-corrected chi connectivity index (χ4v) is 3.72. The highest BCUT2D eigenvalue weighted by Crippen LogP contribution is 2.11. The number of nitrogens with one attached hydrogen (secondary N) is 3. The van der Waals surface area contributed by atoms with E-state index in [1.807, 2.05) is 13.8 Å². The Hall–Kier alpha value is -1.28. The van der Waals surface area contributed by atoms with E-state index in [1.165, 1.54) is 0 Å². The molecule has 0 aromatic rings. The summed E-state index contributed by atoms with van der Waals surface area (Å²) in [5.41, 5.74) is 0.540. The van der Waals surface area contributed by atoms with Crippen LogP contribution in [0.5, 0.6) is 0 Å². The van der Waals surface area contributed by atoms with Gasteiger partial charge in [0.1, 0.15) is 6.23 Å². The Labute approximate surface area is 202 Å². The molecule has 0 bridgehead atoms. The van der Waals surface area contributed by atoms with Crippen LogP contribution in [0.4, 0.5) is 0 Å². The zero-order chi connectivity index (χ0) is 25.4. The summed E-state index contributed by atoms with van der Waals surface area (Å²) in [6.07, 6.45) is 5.05. The van der Waals surface area contributed by atoms with Gasteiger partial charge in [0.15, 0.2) is 5.78 Å². The summed E-state index contributed by atoms with van der Waals surface area (Å²) in [6, 6.07) is -0.746. The van der Waals surface area contributed by atoms with Crippen molar-refractivity contribution in [2.45, 2.75) is 118 Å². The van der Waals surface area contributed by atoms with E-state index in [2.05, 4.69) is 50.2 Å². The Morgan fingerprint density at radius 3 is 2.24 bits per heavy atom. The number of carbonyl (C=O) groups is 2. The monoisotopic (exact) mass is 469 g/mol. The summed E-state index contributed by atoms with van der Waals surface area (Å²) >= 11 is 0. The number of Topliss-reactive ketones (excluding diaryl/α,β-unsaturated/α-hetero) is 1. The number of ketones is 1. The molecule has 1 unspecified atom stereocenters. The third-order valence-corrected chi connectivity index (χ3v) is 5.63. The highest BCUT2D eigenvalue weighted by molar-refractivity contribution is 5.98. The lowest BCUT2D eigenvalue weighted by molar-refractivity contribution is -0.123. The second kappa shape index (κ2) is 18.1. The first-order chi connectivity index (χ1) is 15.5. The fraction of sp³-hybridized carbons (Fsp3) is 0.846. The maximum atomic E-state index is 12.4. The number of amides is 1. The van der Waals surface area contributed by atoms with E-state index >= 15 is 0 Å². The second-order valence-corrected chi connectivity index (χ2v) is 9.94. The van der Waals surface area contributed by atoms with Gasteiger partial charge in [-0.1, -0.05) is 67.4 Å². The van der Waals surface area contributed by atoms with Crippen molar-refractivity contribution in [1.82, 2.24) is 16.0 Å². The maximum Gasteiger partial charge on any atom is 0.220 e. The summed E-state index contributed by atoms with van der Waals surface area (Å²) < 4.78 is 5.82. The number of aliphatic hydroxyl groups is 1. The maximum absolute atomic E-state index is 12.4. The van der Waals surface area contributed by atoms with Crippen LogP contribution < -0.4 is 16.0 Å². The van der Waals surface area contributed by atoms with Gasteiger partial charge in [0.05, 0.1) is 25.4 Å². The Balaban J connectivity index is 4.78. The quantitative estimate of drug-likeness (QED) is 0.123. The van der Waals surface area contributed by atoms with E-state index < -0.39 is 6.23 Å². The van der Waals surface area contributed by atoms with Gasteiger partial charge in [-0.3, -0.25) is 20.2 Å². The van der Waals surface area contributed by atoms with Crippen LogP contribution in [-0.2, 0) is 14.3 Å². The van der Waals surface area contributed by atoms with Crippen molar-refractivity contribution >= 4 is 11.7 Å². The van der Waals surface area contributed by atoms with Gasteiger partial charge < -0.3 is 15.2 Å². The van der Waals surface area contributed by atoms with E-state index in [9.17, 15) is 14.7 Å². The minimum Gasteiger partial charge on any atom is -0.376 e. The van der Waals surface area contributed by atoms with Gasteiger partial charge in [0.25, 0.3) is 0 Å². The predicted molar refractivity (Wildman–Crippen MR) is 136 cm³/mol. The zero-order valence-corrected chi connectivity index (χ0v) is 22.2. The van der Waals surface area contributed by atoms with E-state index in [4.69, 9.17) is 4.74 Å². The lowest BCUT2D eigenvalue weighted by Crippen LogP contribution is -2.56. The highest BCUT2D eigenvalue weighted by Gasteiger charge is 2.26. The first-order valence-corrected chi connectivity index (χ1v) is 12.8. The third kappa shape index (κ3) is 14.6. The van der Waals surface area contributed by atoms with Crippen LogP contribution in [0.15, 0.2) is 12.2 Å². The number of hydrogen-bond donors (Lipinski definition) is 4. The summed E-state index contributed by atoms with van der Waals surface area (Å²) in [6.45, 7) is 18.5. The van der Waals surface area contributed by atoms with Crippen LogP contribution >= 0.6 is 0 Å². The van der Waals surface area contributed by atoms with Crippen molar-refractivity contribution in [3.63, 3.8) is 0 Å². The molecule has 0 aromatic carbocycles. The van der Waals surface area contributed by atoms with Gasteiger partial charge in [0.2, 0.25) is 5.91 Å². The average Bonchev–Trinajstić information content (AvgIpc) is 2.73. The molecular formula is C26H51N3O4. The third-order valence-electron chi connectivity index (χ3n) is 5.63. The van der Waals surface area contributed by atoms with Gasteiger partial charge >= 0.3 is 0 Å². The average molecular weight is 470 g/mol. The molecule has 1 amide bonds. The van der Waals surface area contributed by atoms with Crippen molar-refractivity contribution in [2.24, 2.45) is 11.8 Å². The van der Waals surface area contributed by atoms with Crippen molar-refractivity contribution in [2.75, 3.05) is 13.3 Å².